The topological polar surface area (TPSA) is 29.9 Å². The van der Waals surface area contributed by atoms with Crippen molar-refractivity contribution in [3.63, 3.8) is 0 Å². The van der Waals surface area contributed by atoms with E-state index in [0.29, 0.717) is 6.04 Å². The molecule has 1 fully saturated rings. The molecule has 3 heteroatoms. The molecule has 13 heavy (non-hydrogen) atoms. The fraction of sp³-hybridized carbons (Fsp3) is 0.700. The first-order valence-corrected chi connectivity index (χ1v) is 5.01. The molecule has 1 aliphatic rings. The Morgan fingerprint density at radius 1 is 1.69 bits per heavy atom. The first-order chi connectivity index (χ1) is 6.20. The van der Waals surface area contributed by atoms with E-state index in [9.17, 15) is 0 Å². The van der Waals surface area contributed by atoms with Crippen LogP contribution in [0.5, 0.6) is 0 Å². The summed E-state index contributed by atoms with van der Waals surface area (Å²) in [5, 5.41) is 3.46. The van der Waals surface area contributed by atoms with Crippen molar-refractivity contribution in [2.24, 2.45) is 5.92 Å². The quantitative estimate of drug-likeness (QED) is 0.769. The van der Waals surface area contributed by atoms with Crippen molar-refractivity contribution in [1.29, 1.82) is 0 Å². The van der Waals surface area contributed by atoms with Gasteiger partial charge in [0.25, 0.3) is 0 Å². The van der Waals surface area contributed by atoms with E-state index in [-0.39, 0.29) is 0 Å². The molecule has 1 N–H and O–H groups in total. The smallest absolute Gasteiger partial charge is 0.203 e. The van der Waals surface area contributed by atoms with Crippen molar-refractivity contribution in [2.45, 2.75) is 39.8 Å². The molecule has 1 saturated carbocycles. The van der Waals surface area contributed by atoms with Crippen LogP contribution in [0.2, 0.25) is 0 Å². The molecule has 72 valence electrons. The minimum Gasteiger partial charge on any atom is -0.353 e. The third-order valence-electron chi connectivity index (χ3n) is 2.66. The van der Waals surface area contributed by atoms with Crippen molar-refractivity contribution in [2.75, 3.05) is 5.32 Å². The predicted molar refractivity (Wildman–Crippen MR) is 53.8 cm³/mol. The fourth-order valence-electron chi connectivity index (χ4n) is 1.59. The molecule has 2 unspecified atom stereocenters. The van der Waals surface area contributed by atoms with Gasteiger partial charge in [0.05, 0.1) is 5.69 Å². The highest BCUT2D eigenvalue weighted by molar-refractivity contribution is 5.32. The van der Waals surface area contributed by atoms with Crippen LogP contribution in [0.4, 0.5) is 5.95 Å². The molecule has 0 radical (unpaired) electrons. The third-order valence-corrected chi connectivity index (χ3v) is 2.66. The first-order valence-electron chi connectivity index (χ1n) is 5.01. The zero-order chi connectivity index (χ0) is 9.42. The lowest BCUT2D eigenvalue weighted by molar-refractivity contribution is 0.758. The Balaban J connectivity index is 2.09. The molecule has 1 heterocycles. The van der Waals surface area contributed by atoms with Crippen molar-refractivity contribution < 1.29 is 0 Å². The number of hydrogen-bond acceptors (Lipinski definition) is 2. The number of imidazole rings is 1. The average molecular weight is 179 g/mol. The van der Waals surface area contributed by atoms with E-state index in [1.54, 1.807) is 0 Å². The second-order valence-electron chi connectivity index (χ2n) is 3.96. The summed E-state index contributed by atoms with van der Waals surface area (Å²) in [7, 11) is 0. The van der Waals surface area contributed by atoms with Gasteiger partial charge in [-0.3, -0.25) is 0 Å². The molecule has 0 amide bonds. The summed E-state index contributed by atoms with van der Waals surface area (Å²) in [4.78, 5) is 4.45. The SMILES string of the molecule is CCn1cc(C)nc1NC1CC1C. The highest BCUT2D eigenvalue weighted by atomic mass is 15.2. The molecule has 2 rings (SSSR count). The van der Waals surface area contributed by atoms with Crippen LogP contribution in [-0.4, -0.2) is 15.6 Å². The maximum atomic E-state index is 4.45. The van der Waals surface area contributed by atoms with E-state index in [4.69, 9.17) is 0 Å². The van der Waals surface area contributed by atoms with E-state index in [1.807, 2.05) is 6.92 Å². The van der Waals surface area contributed by atoms with Gasteiger partial charge in [0, 0.05) is 18.8 Å². The average Bonchev–Trinajstić information content (AvgIpc) is 2.62. The molecule has 1 aromatic heterocycles. The second kappa shape index (κ2) is 3.05. The van der Waals surface area contributed by atoms with Crippen LogP contribution >= 0.6 is 0 Å². The predicted octanol–water partition coefficient (Wildman–Crippen LogP) is 2.03. The van der Waals surface area contributed by atoms with Crippen molar-refractivity contribution >= 4 is 5.95 Å². The third kappa shape index (κ3) is 1.69. The maximum absolute atomic E-state index is 4.45. The molecule has 2 atom stereocenters. The largest absolute Gasteiger partial charge is 0.353 e. The van der Waals surface area contributed by atoms with Crippen LogP contribution in [0.15, 0.2) is 6.20 Å². The van der Waals surface area contributed by atoms with Gasteiger partial charge in [0.1, 0.15) is 0 Å². The van der Waals surface area contributed by atoms with Gasteiger partial charge in [0.15, 0.2) is 0 Å². The minimum atomic E-state index is 0.659. The van der Waals surface area contributed by atoms with Gasteiger partial charge < -0.3 is 9.88 Å². The van der Waals surface area contributed by atoms with Gasteiger partial charge in [-0.2, -0.15) is 0 Å². The minimum absolute atomic E-state index is 0.659. The molecule has 0 saturated heterocycles. The van der Waals surface area contributed by atoms with Crippen molar-refractivity contribution in [1.82, 2.24) is 9.55 Å². The number of aryl methyl sites for hydroxylation is 2. The second-order valence-corrected chi connectivity index (χ2v) is 3.96. The molecular formula is C10H17N3. The van der Waals surface area contributed by atoms with Crippen LogP contribution in [0, 0.1) is 12.8 Å². The number of aromatic nitrogens is 2. The summed E-state index contributed by atoms with van der Waals surface area (Å²) in [5.41, 5.74) is 1.10. The summed E-state index contributed by atoms with van der Waals surface area (Å²) < 4.78 is 2.17. The lowest BCUT2D eigenvalue weighted by Crippen LogP contribution is -2.09. The Kier molecular flexibility index (Phi) is 2.02. The van der Waals surface area contributed by atoms with Gasteiger partial charge in [-0.25, -0.2) is 4.98 Å². The zero-order valence-electron chi connectivity index (χ0n) is 8.54. The van der Waals surface area contributed by atoms with Gasteiger partial charge in [0.2, 0.25) is 5.95 Å². The van der Waals surface area contributed by atoms with E-state index < -0.39 is 0 Å². The number of hydrogen-bond donors (Lipinski definition) is 1. The van der Waals surface area contributed by atoms with Gasteiger partial charge in [-0.1, -0.05) is 6.92 Å². The summed E-state index contributed by atoms with van der Waals surface area (Å²) in [6.07, 6.45) is 3.38. The highest BCUT2D eigenvalue weighted by Gasteiger charge is 2.33. The summed E-state index contributed by atoms with van der Waals surface area (Å²) in [6, 6.07) is 0.659. The normalized spacial score (nSPS) is 26.1. The van der Waals surface area contributed by atoms with Crippen molar-refractivity contribution in [3.8, 4) is 0 Å². The Morgan fingerprint density at radius 3 is 2.92 bits per heavy atom. The fourth-order valence-corrected chi connectivity index (χ4v) is 1.59. The van der Waals surface area contributed by atoms with Gasteiger partial charge >= 0.3 is 0 Å². The standard InChI is InChI=1S/C10H17N3/c1-4-13-6-8(3)11-10(13)12-9-5-7(9)2/h6-7,9H,4-5H2,1-3H3,(H,11,12). The van der Waals surface area contributed by atoms with Crippen LogP contribution in [-0.2, 0) is 6.54 Å². The molecule has 1 aliphatic carbocycles. The molecular weight excluding hydrogens is 162 g/mol. The summed E-state index contributed by atoms with van der Waals surface area (Å²) >= 11 is 0. The van der Waals surface area contributed by atoms with E-state index in [1.165, 1.54) is 6.42 Å². The zero-order valence-corrected chi connectivity index (χ0v) is 8.54. The Hall–Kier alpha value is -0.990. The van der Waals surface area contributed by atoms with Crippen LogP contribution in [0.25, 0.3) is 0 Å². The molecule has 0 aliphatic heterocycles. The molecule has 0 aromatic carbocycles. The van der Waals surface area contributed by atoms with Crippen LogP contribution in [0.3, 0.4) is 0 Å². The Bertz CT molecular complexity index is 303. The lowest BCUT2D eigenvalue weighted by Gasteiger charge is -2.05. The van der Waals surface area contributed by atoms with Crippen LogP contribution in [0.1, 0.15) is 26.0 Å². The number of anilines is 1. The van der Waals surface area contributed by atoms with E-state index >= 15 is 0 Å². The lowest BCUT2D eigenvalue weighted by atomic mass is 10.5. The van der Waals surface area contributed by atoms with Crippen molar-refractivity contribution in [3.05, 3.63) is 11.9 Å². The molecule has 0 bridgehead atoms. The van der Waals surface area contributed by atoms with Crippen LogP contribution < -0.4 is 5.32 Å². The van der Waals surface area contributed by atoms with E-state index in [0.717, 1.165) is 24.1 Å². The van der Waals surface area contributed by atoms with Gasteiger partial charge in [-0.15, -0.1) is 0 Å². The number of rotatable bonds is 3. The van der Waals surface area contributed by atoms with Gasteiger partial charge in [-0.05, 0) is 26.2 Å². The van der Waals surface area contributed by atoms with E-state index in [2.05, 4.69) is 34.9 Å². The monoisotopic (exact) mass is 179 g/mol. The first kappa shape index (κ1) is 8.60. The Labute approximate surface area is 79.2 Å². The number of nitrogens with one attached hydrogen (secondary N) is 1. The Morgan fingerprint density at radius 2 is 2.38 bits per heavy atom. The summed E-state index contributed by atoms with van der Waals surface area (Å²) in [6.45, 7) is 7.43. The highest BCUT2D eigenvalue weighted by Crippen LogP contribution is 2.32. The number of nitrogens with zero attached hydrogens (tertiary/aromatic N) is 2. The molecule has 1 aromatic rings. The summed E-state index contributed by atoms with van der Waals surface area (Å²) in [5.74, 6) is 1.86. The molecule has 3 nitrogen and oxygen atoms in total. The maximum Gasteiger partial charge on any atom is 0.203 e. The molecule has 0 spiro atoms.